The van der Waals surface area contributed by atoms with Crippen molar-refractivity contribution in [2.75, 3.05) is 7.11 Å². The normalized spacial score (nSPS) is 9.27. The van der Waals surface area contributed by atoms with Crippen molar-refractivity contribution in [1.29, 1.82) is 0 Å². The van der Waals surface area contributed by atoms with Gasteiger partial charge >= 0.3 is 0 Å². The Morgan fingerprint density at radius 2 is 2.27 bits per heavy atom. The highest BCUT2D eigenvalue weighted by Gasteiger charge is 2.00. The molecule has 0 spiro atoms. The maximum Gasteiger partial charge on any atom is 0.133 e. The van der Waals surface area contributed by atoms with Crippen LogP contribution >= 0.6 is 15.9 Å². The summed E-state index contributed by atoms with van der Waals surface area (Å²) in [5.41, 5.74) is 1.05. The molecule has 0 amide bonds. The van der Waals surface area contributed by atoms with E-state index in [9.17, 15) is 0 Å². The number of rotatable bonds is 2. The smallest absolute Gasteiger partial charge is 0.133 e. The van der Waals surface area contributed by atoms with Crippen molar-refractivity contribution < 1.29 is 4.74 Å². The van der Waals surface area contributed by atoms with Crippen LogP contribution in [0.3, 0.4) is 0 Å². The molecule has 0 atom stereocenters. The van der Waals surface area contributed by atoms with Crippen LogP contribution in [0.25, 0.3) is 6.08 Å². The molecule has 0 unspecified atom stereocenters. The lowest BCUT2D eigenvalue weighted by atomic mass is 10.2. The second-order valence-corrected chi connectivity index (χ2v) is 2.86. The standard InChI is InChI=1S/C9H9BrO/c1-3-7-5-4-6-8(11-2)9(7)10/h3-6H,1H2,2H3. The first-order chi connectivity index (χ1) is 5.29. The summed E-state index contributed by atoms with van der Waals surface area (Å²) in [5.74, 6) is 0.836. The topological polar surface area (TPSA) is 9.23 Å². The Labute approximate surface area is 74.8 Å². The molecular formula is C9H9BrO. The zero-order valence-electron chi connectivity index (χ0n) is 6.30. The first-order valence-electron chi connectivity index (χ1n) is 3.24. The Morgan fingerprint density at radius 3 is 2.82 bits per heavy atom. The van der Waals surface area contributed by atoms with E-state index in [2.05, 4.69) is 22.5 Å². The SMILES string of the molecule is C=Cc1cccc(OC)c1Br. The maximum absolute atomic E-state index is 5.09. The molecule has 0 radical (unpaired) electrons. The molecule has 58 valence electrons. The van der Waals surface area contributed by atoms with Gasteiger partial charge in [0.25, 0.3) is 0 Å². The minimum atomic E-state index is 0.836. The van der Waals surface area contributed by atoms with Crippen molar-refractivity contribution >= 4 is 22.0 Å². The van der Waals surface area contributed by atoms with Gasteiger partial charge in [-0.3, -0.25) is 0 Å². The quantitative estimate of drug-likeness (QED) is 0.733. The van der Waals surface area contributed by atoms with E-state index in [4.69, 9.17) is 4.74 Å². The lowest BCUT2D eigenvalue weighted by Crippen LogP contribution is -1.85. The number of hydrogen-bond acceptors (Lipinski definition) is 1. The van der Waals surface area contributed by atoms with Gasteiger partial charge in [0.05, 0.1) is 11.6 Å². The van der Waals surface area contributed by atoms with Gasteiger partial charge in [-0.2, -0.15) is 0 Å². The molecule has 0 heterocycles. The Bertz CT molecular complexity index is 268. The third-order valence-electron chi connectivity index (χ3n) is 1.43. The predicted octanol–water partition coefficient (Wildman–Crippen LogP) is 3.10. The number of halogens is 1. The highest BCUT2D eigenvalue weighted by molar-refractivity contribution is 9.10. The fourth-order valence-electron chi connectivity index (χ4n) is 0.843. The molecule has 0 aliphatic carbocycles. The number of hydrogen-bond donors (Lipinski definition) is 0. The fraction of sp³-hybridized carbons (Fsp3) is 0.111. The van der Waals surface area contributed by atoms with Crippen molar-refractivity contribution in [3.8, 4) is 5.75 Å². The van der Waals surface area contributed by atoms with Gasteiger partial charge < -0.3 is 4.74 Å². The van der Waals surface area contributed by atoms with Gasteiger partial charge in [-0.15, -0.1) is 0 Å². The molecule has 2 heteroatoms. The van der Waals surface area contributed by atoms with Gasteiger partial charge in [-0.25, -0.2) is 0 Å². The molecule has 1 rings (SSSR count). The Kier molecular flexibility index (Phi) is 2.71. The summed E-state index contributed by atoms with van der Waals surface area (Å²) in [6.07, 6.45) is 1.78. The van der Waals surface area contributed by atoms with Gasteiger partial charge in [0.1, 0.15) is 5.75 Å². The van der Waals surface area contributed by atoms with Crippen LogP contribution < -0.4 is 4.74 Å². The second kappa shape index (κ2) is 3.58. The lowest BCUT2D eigenvalue weighted by Gasteiger charge is -2.04. The van der Waals surface area contributed by atoms with E-state index in [1.807, 2.05) is 18.2 Å². The summed E-state index contributed by atoms with van der Waals surface area (Å²) in [4.78, 5) is 0. The average molecular weight is 213 g/mol. The molecule has 0 fully saturated rings. The van der Waals surface area contributed by atoms with Crippen LogP contribution in [0.1, 0.15) is 5.56 Å². The van der Waals surface area contributed by atoms with E-state index in [0.717, 1.165) is 15.8 Å². The van der Waals surface area contributed by atoms with E-state index in [1.165, 1.54) is 0 Å². The summed E-state index contributed by atoms with van der Waals surface area (Å²) in [6.45, 7) is 3.68. The minimum absolute atomic E-state index is 0.836. The van der Waals surface area contributed by atoms with Gasteiger partial charge in [-0.1, -0.05) is 24.8 Å². The summed E-state index contributed by atoms with van der Waals surface area (Å²) < 4.78 is 6.05. The van der Waals surface area contributed by atoms with Gasteiger partial charge in [0.2, 0.25) is 0 Å². The number of ether oxygens (including phenoxy) is 1. The first-order valence-corrected chi connectivity index (χ1v) is 4.04. The van der Waals surface area contributed by atoms with Crippen molar-refractivity contribution in [3.63, 3.8) is 0 Å². The van der Waals surface area contributed by atoms with Crippen LogP contribution in [-0.2, 0) is 0 Å². The molecule has 11 heavy (non-hydrogen) atoms. The number of benzene rings is 1. The average Bonchev–Trinajstić information content (AvgIpc) is 2.05. The lowest BCUT2D eigenvalue weighted by molar-refractivity contribution is 0.412. The summed E-state index contributed by atoms with van der Waals surface area (Å²) in [7, 11) is 1.65. The molecular weight excluding hydrogens is 204 g/mol. The van der Waals surface area contributed by atoms with Gasteiger partial charge in [0.15, 0.2) is 0 Å². The van der Waals surface area contributed by atoms with Crippen molar-refractivity contribution in [2.45, 2.75) is 0 Å². The third-order valence-corrected chi connectivity index (χ3v) is 2.28. The summed E-state index contributed by atoms with van der Waals surface area (Å²) in [6, 6.07) is 5.80. The largest absolute Gasteiger partial charge is 0.496 e. The van der Waals surface area contributed by atoms with Gasteiger partial charge in [0, 0.05) is 0 Å². The molecule has 0 bridgehead atoms. The van der Waals surface area contributed by atoms with Crippen molar-refractivity contribution in [1.82, 2.24) is 0 Å². The monoisotopic (exact) mass is 212 g/mol. The minimum Gasteiger partial charge on any atom is -0.496 e. The van der Waals surface area contributed by atoms with Crippen LogP contribution in [0.15, 0.2) is 29.3 Å². The second-order valence-electron chi connectivity index (χ2n) is 2.07. The van der Waals surface area contributed by atoms with Crippen LogP contribution in [0.4, 0.5) is 0 Å². The van der Waals surface area contributed by atoms with Crippen LogP contribution in [0.2, 0.25) is 0 Å². The molecule has 0 saturated heterocycles. The fourth-order valence-corrected chi connectivity index (χ4v) is 1.43. The number of methoxy groups -OCH3 is 1. The molecule has 0 N–H and O–H groups in total. The van der Waals surface area contributed by atoms with Crippen LogP contribution in [0.5, 0.6) is 5.75 Å². The maximum atomic E-state index is 5.09. The molecule has 0 aromatic heterocycles. The first kappa shape index (κ1) is 8.34. The zero-order valence-corrected chi connectivity index (χ0v) is 7.89. The van der Waals surface area contributed by atoms with E-state index in [1.54, 1.807) is 13.2 Å². The van der Waals surface area contributed by atoms with Crippen molar-refractivity contribution in [3.05, 3.63) is 34.8 Å². The van der Waals surface area contributed by atoms with Crippen LogP contribution in [0, 0.1) is 0 Å². The van der Waals surface area contributed by atoms with E-state index in [0.29, 0.717) is 0 Å². The Morgan fingerprint density at radius 1 is 1.55 bits per heavy atom. The van der Waals surface area contributed by atoms with E-state index in [-0.39, 0.29) is 0 Å². The summed E-state index contributed by atoms with van der Waals surface area (Å²) >= 11 is 3.41. The van der Waals surface area contributed by atoms with E-state index >= 15 is 0 Å². The van der Waals surface area contributed by atoms with Crippen LogP contribution in [-0.4, -0.2) is 7.11 Å². The van der Waals surface area contributed by atoms with E-state index < -0.39 is 0 Å². The molecule has 0 aliphatic rings. The molecule has 0 aliphatic heterocycles. The summed E-state index contributed by atoms with van der Waals surface area (Å²) in [5, 5.41) is 0. The molecule has 1 aromatic carbocycles. The molecule has 1 nitrogen and oxygen atoms in total. The van der Waals surface area contributed by atoms with Gasteiger partial charge in [-0.05, 0) is 27.6 Å². The highest BCUT2D eigenvalue weighted by atomic mass is 79.9. The molecule has 1 aromatic rings. The Hall–Kier alpha value is -0.760. The Balaban J connectivity index is 3.20. The zero-order chi connectivity index (χ0) is 8.27. The van der Waals surface area contributed by atoms with Crippen molar-refractivity contribution in [2.24, 2.45) is 0 Å². The predicted molar refractivity (Wildman–Crippen MR) is 50.8 cm³/mol. The highest BCUT2D eigenvalue weighted by Crippen LogP contribution is 2.28. The molecule has 0 saturated carbocycles. The third kappa shape index (κ3) is 1.63.